The minimum atomic E-state index is 0.559. The van der Waals surface area contributed by atoms with Crippen LogP contribution in [0.15, 0.2) is 39.5 Å². The first kappa shape index (κ1) is 16.1. The van der Waals surface area contributed by atoms with Crippen LogP contribution < -0.4 is 0 Å². The minimum absolute atomic E-state index is 0.559. The van der Waals surface area contributed by atoms with Crippen molar-refractivity contribution in [2.75, 3.05) is 17.1 Å². The molecule has 0 bridgehead atoms. The van der Waals surface area contributed by atoms with E-state index in [1.807, 2.05) is 35.3 Å². The van der Waals surface area contributed by atoms with Crippen molar-refractivity contribution < 1.29 is 0 Å². The second-order valence-corrected chi connectivity index (χ2v) is 9.32. The standard InChI is InChI=1S/C14H18S5/c1-16-12-6-4-11(5-7-12)14-18-9-13(19-14)3-2-8-17-10-15/h4-7,9,14-15H,2-3,8,10H2,1H3. The van der Waals surface area contributed by atoms with Crippen molar-refractivity contribution in [3.8, 4) is 0 Å². The molecule has 1 aromatic rings. The van der Waals surface area contributed by atoms with Crippen molar-refractivity contribution in [3.05, 3.63) is 40.1 Å². The molecular formula is C14H18S5. The molecule has 0 saturated heterocycles. The SMILES string of the molecule is CSc1ccc(C2SC=C(CCCSCS)S2)cc1. The van der Waals surface area contributed by atoms with Crippen LogP contribution in [0.5, 0.6) is 0 Å². The van der Waals surface area contributed by atoms with Crippen molar-refractivity contribution >= 4 is 59.7 Å². The lowest BCUT2D eigenvalue weighted by atomic mass is 10.2. The lowest BCUT2D eigenvalue weighted by Gasteiger charge is -2.10. The molecule has 5 heteroatoms. The number of hydrogen-bond acceptors (Lipinski definition) is 5. The third-order valence-electron chi connectivity index (χ3n) is 2.77. The molecule has 0 radical (unpaired) electrons. The van der Waals surface area contributed by atoms with Gasteiger partial charge in [-0.3, -0.25) is 0 Å². The van der Waals surface area contributed by atoms with Crippen LogP contribution in [0.4, 0.5) is 0 Å². The van der Waals surface area contributed by atoms with E-state index in [-0.39, 0.29) is 0 Å². The van der Waals surface area contributed by atoms with E-state index >= 15 is 0 Å². The summed E-state index contributed by atoms with van der Waals surface area (Å²) in [6, 6.07) is 8.99. The predicted octanol–water partition coefficient (Wildman–Crippen LogP) is 6.13. The summed E-state index contributed by atoms with van der Waals surface area (Å²) in [5, 5.41) is 3.29. The fraction of sp³-hybridized carbons (Fsp3) is 0.429. The Morgan fingerprint density at radius 3 is 2.74 bits per heavy atom. The summed E-state index contributed by atoms with van der Waals surface area (Å²) in [6.45, 7) is 0. The normalized spacial score (nSPS) is 18.6. The largest absolute Gasteiger partial charge is 0.168 e. The molecule has 0 spiro atoms. The van der Waals surface area contributed by atoms with Gasteiger partial charge in [0.25, 0.3) is 0 Å². The van der Waals surface area contributed by atoms with Crippen LogP contribution in [-0.2, 0) is 0 Å². The van der Waals surface area contributed by atoms with E-state index < -0.39 is 0 Å². The van der Waals surface area contributed by atoms with Gasteiger partial charge < -0.3 is 0 Å². The maximum atomic E-state index is 4.22. The molecule has 1 heterocycles. The van der Waals surface area contributed by atoms with E-state index in [0.717, 1.165) is 5.08 Å². The highest BCUT2D eigenvalue weighted by Gasteiger charge is 2.19. The van der Waals surface area contributed by atoms with Crippen molar-refractivity contribution in [2.24, 2.45) is 0 Å². The molecule has 104 valence electrons. The van der Waals surface area contributed by atoms with Gasteiger partial charge in [0.15, 0.2) is 0 Å². The molecular weight excluding hydrogens is 328 g/mol. The summed E-state index contributed by atoms with van der Waals surface area (Å²) in [6.07, 6.45) is 4.61. The number of benzene rings is 1. The molecule has 1 unspecified atom stereocenters. The van der Waals surface area contributed by atoms with Crippen LogP contribution in [0, 0.1) is 0 Å². The van der Waals surface area contributed by atoms with Crippen LogP contribution in [-0.4, -0.2) is 17.1 Å². The van der Waals surface area contributed by atoms with Crippen LogP contribution in [0.3, 0.4) is 0 Å². The molecule has 0 amide bonds. The lowest BCUT2D eigenvalue weighted by molar-refractivity contribution is 0.963. The number of thioether (sulfide) groups is 4. The Hall–Kier alpha value is 0.710. The molecule has 0 aromatic heterocycles. The fourth-order valence-electron chi connectivity index (χ4n) is 1.77. The third kappa shape index (κ3) is 5.20. The summed E-state index contributed by atoms with van der Waals surface area (Å²) in [5.74, 6) is 1.22. The molecule has 0 saturated carbocycles. The molecule has 0 fully saturated rings. The highest BCUT2D eigenvalue weighted by atomic mass is 32.2. The van der Waals surface area contributed by atoms with Crippen LogP contribution >= 0.6 is 59.7 Å². The molecule has 19 heavy (non-hydrogen) atoms. The molecule has 0 aliphatic carbocycles. The zero-order chi connectivity index (χ0) is 13.5. The Kier molecular flexibility index (Phi) is 7.52. The zero-order valence-corrected chi connectivity index (χ0v) is 15.0. The van der Waals surface area contributed by atoms with E-state index in [0.29, 0.717) is 4.58 Å². The summed E-state index contributed by atoms with van der Waals surface area (Å²) in [7, 11) is 0. The topological polar surface area (TPSA) is 0 Å². The summed E-state index contributed by atoms with van der Waals surface area (Å²) in [5.41, 5.74) is 1.43. The van der Waals surface area contributed by atoms with Crippen molar-refractivity contribution in [1.29, 1.82) is 0 Å². The number of hydrogen-bond donors (Lipinski definition) is 1. The molecule has 1 aromatic carbocycles. The summed E-state index contributed by atoms with van der Waals surface area (Å²) >= 11 is 11.9. The van der Waals surface area contributed by atoms with E-state index in [4.69, 9.17) is 0 Å². The zero-order valence-electron chi connectivity index (χ0n) is 10.9. The van der Waals surface area contributed by atoms with Gasteiger partial charge in [0.1, 0.15) is 0 Å². The maximum Gasteiger partial charge on any atom is 0.0836 e. The highest BCUT2D eigenvalue weighted by Crippen LogP contribution is 2.52. The number of rotatable bonds is 7. The van der Waals surface area contributed by atoms with E-state index in [1.54, 1.807) is 16.7 Å². The van der Waals surface area contributed by atoms with Gasteiger partial charge in [-0.2, -0.15) is 24.4 Å². The monoisotopic (exact) mass is 346 g/mol. The van der Waals surface area contributed by atoms with Gasteiger partial charge in [-0.15, -0.1) is 35.3 Å². The fourth-order valence-corrected chi connectivity index (χ4v) is 5.73. The Morgan fingerprint density at radius 1 is 1.26 bits per heavy atom. The van der Waals surface area contributed by atoms with Gasteiger partial charge in [-0.1, -0.05) is 12.1 Å². The van der Waals surface area contributed by atoms with Gasteiger partial charge >= 0.3 is 0 Å². The maximum absolute atomic E-state index is 4.22. The van der Waals surface area contributed by atoms with Crippen LogP contribution in [0.25, 0.3) is 0 Å². The summed E-state index contributed by atoms with van der Waals surface area (Å²) in [4.78, 5) is 2.89. The van der Waals surface area contributed by atoms with Gasteiger partial charge in [-0.25, -0.2) is 0 Å². The number of allylic oxidation sites excluding steroid dienone is 1. The second kappa shape index (κ2) is 8.88. The molecule has 0 N–H and O–H groups in total. The van der Waals surface area contributed by atoms with Gasteiger partial charge in [0, 0.05) is 9.98 Å². The molecule has 1 aliphatic rings. The Morgan fingerprint density at radius 2 is 2.05 bits per heavy atom. The number of thiol groups is 1. The van der Waals surface area contributed by atoms with Crippen molar-refractivity contribution in [1.82, 2.24) is 0 Å². The van der Waals surface area contributed by atoms with E-state index in [9.17, 15) is 0 Å². The average molecular weight is 347 g/mol. The molecule has 1 atom stereocenters. The van der Waals surface area contributed by atoms with Gasteiger partial charge in [-0.05, 0) is 52.9 Å². The lowest BCUT2D eigenvalue weighted by Crippen LogP contribution is -1.86. The van der Waals surface area contributed by atoms with Crippen LogP contribution in [0.2, 0.25) is 0 Å². The van der Waals surface area contributed by atoms with Gasteiger partial charge in [0.2, 0.25) is 0 Å². The van der Waals surface area contributed by atoms with Crippen molar-refractivity contribution in [3.63, 3.8) is 0 Å². The highest BCUT2D eigenvalue weighted by molar-refractivity contribution is 8.22. The van der Waals surface area contributed by atoms with E-state index in [2.05, 4.69) is 48.6 Å². The minimum Gasteiger partial charge on any atom is -0.168 e. The Balaban J connectivity index is 1.79. The van der Waals surface area contributed by atoms with Crippen molar-refractivity contribution in [2.45, 2.75) is 22.3 Å². The molecule has 2 rings (SSSR count). The first-order valence-corrected chi connectivity index (χ1v) is 11.0. The third-order valence-corrected chi connectivity index (χ3v) is 7.65. The Labute approximate surface area is 138 Å². The smallest absolute Gasteiger partial charge is 0.0836 e. The van der Waals surface area contributed by atoms with Crippen LogP contribution in [0.1, 0.15) is 23.0 Å². The molecule has 0 nitrogen and oxygen atoms in total. The van der Waals surface area contributed by atoms with Gasteiger partial charge in [0.05, 0.1) is 4.58 Å². The molecule has 1 aliphatic heterocycles. The summed E-state index contributed by atoms with van der Waals surface area (Å²) < 4.78 is 0.559. The predicted molar refractivity (Wildman–Crippen MR) is 99.8 cm³/mol. The Bertz CT molecular complexity index is 412. The second-order valence-electron chi connectivity index (χ2n) is 4.08. The quantitative estimate of drug-likeness (QED) is 0.273. The van der Waals surface area contributed by atoms with E-state index in [1.165, 1.54) is 29.1 Å². The first-order valence-electron chi connectivity index (χ1n) is 6.17. The first-order chi connectivity index (χ1) is 9.33. The average Bonchev–Trinajstić information content (AvgIpc) is 2.92.